The van der Waals surface area contributed by atoms with Crippen molar-refractivity contribution in [1.82, 2.24) is 10.0 Å². The van der Waals surface area contributed by atoms with Crippen LogP contribution >= 0.6 is 0 Å². The van der Waals surface area contributed by atoms with E-state index < -0.39 is 34.5 Å². The first-order valence-corrected chi connectivity index (χ1v) is 7.82. The van der Waals surface area contributed by atoms with Gasteiger partial charge < -0.3 is 14.8 Å². The molecule has 0 radical (unpaired) electrons. The zero-order valence-electron chi connectivity index (χ0n) is 12.5. The number of amides is 1. The number of ether oxygens (including phenoxy) is 2. The Morgan fingerprint density at radius 3 is 2.52 bits per heavy atom. The van der Waals surface area contributed by atoms with Crippen LogP contribution in [-0.4, -0.2) is 53.6 Å². The Morgan fingerprint density at radius 1 is 1.22 bits per heavy atom. The highest BCUT2D eigenvalue weighted by molar-refractivity contribution is 7.89. The van der Waals surface area contributed by atoms with E-state index in [-0.39, 0.29) is 17.0 Å². The Morgan fingerprint density at radius 2 is 1.91 bits per heavy atom. The molecule has 1 aromatic carbocycles. The van der Waals surface area contributed by atoms with Crippen LogP contribution in [0.5, 0.6) is 0 Å². The summed E-state index contributed by atoms with van der Waals surface area (Å²) in [5.74, 6) is -2.20. The number of hydrogen-bond donors (Lipinski definition) is 2. The number of carbonyl (C=O) groups is 3. The maximum absolute atomic E-state index is 11.8. The summed E-state index contributed by atoms with van der Waals surface area (Å²) in [6.45, 7) is -0.957. The van der Waals surface area contributed by atoms with E-state index >= 15 is 0 Å². The van der Waals surface area contributed by atoms with Crippen molar-refractivity contribution in [2.45, 2.75) is 4.90 Å². The molecule has 9 nitrogen and oxygen atoms in total. The van der Waals surface area contributed by atoms with Gasteiger partial charge in [-0.15, -0.1) is 0 Å². The van der Waals surface area contributed by atoms with Crippen molar-refractivity contribution in [3.05, 3.63) is 29.8 Å². The maximum atomic E-state index is 11.8. The average Bonchev–Trinajstić information content (AvgIpc) is 2.57. The van der Waals surface area contributed by atoms with Crippen molar-refractivity contribution in [1.29, 1.82) is 0 Å². The molecule has 0 aliphatic carbocycles. The number of hydrogen-bond acceptors (Lipinski definition) is 7. The predicted octanol–water partition coefficient (Wildman–Crippen LogP) is -0.959. The second kappa shape index (κ2) is 8.25. The third kappa shape index (κ3) is 5.68. The van der Waals surface area contributed by atoms with Gasteiger partial charge in [0.05, 0.1) is 17.6 Å². The number of carbonyl (C=O) groups excluding carboxylic acids is 3. The van der Waals surface area contributed by atoms with Crippen LogP contribution in [0.15, 0.2) is 29.2 Å². The number of esters is 2. The molecule has 23 heavy (non-hydrogen) atoms. The second-order valence-corrected chi connectivity index (χ2v) is 6.05. The summed E-state index contributed by atoms with van der Waals surface area (Å²) in [4.78, 5) is 33.9. The molecule has 10 heteroatoms. The van der Waals surface area contributed by atoms with Crippen molar-refractivity contribution in [2.75, 3.05) is 27.3 Å². The van der Waals surface area contributed by atoms with Crippen molar-refractivity contribution >= 4 is 27.9 Å². The third-order valence-corrected chi connectivity index (χ3v) is 4.05. The molecular formula is C13H16N2O7S. The molecule has 0 aliphatic heterocycles. The zero-order chi connectivity index (χ0) is 17.5. The lowest BCUT2D eigenvalue weighted by atomic mass is 10.2. The van der Waals surface area contributed by atoms with E-state index in [0.29, 0.717) is 0 Å². The van der Waals surface area contributed by atoms with E-state index in [2.05, 4.69) is 14.8 Å². The van der Waals surface area contributed by atoms with Crippen LogP contribution in [0.25, 0.3) is 0 Å². The normalized spacial score (nSPS) is 10.7. The number of methoxy groups -OCH3 is 1. The summed E-state index contributed by atoms with van der Waals surface area (Å²) in [6, 6.07) is 5.16. The van der Waals surface area contributed by atoms with Gasteiger partial charge in [-0.25, -0.2) is 17.9 Å². The van der Waals surface area contributed by atoms with E-state index in [1.54, 1.807) is 0 Å². The van der Waals surface area contributed by atoms with Crippen LogP contribution in [0.4, 0.5) is 0 Å². The van der Waals surface area contributed by atoms with Crippen molar-refractivity contribution in [3.63, 3.8) is 0 Å². The summed E-state index contributed by atoms with van der Waals surface area (Å²) >= 11 is 0. The fourth-order valence-corrected chi connectivity index (χ4v) is 2.19. The predicted molar refractivity (Wildman–Crippen MR) is 78.0 cm³/mol. The molecule has 0 fully saturated rings. The highest BCUT2D eigenvalue weighted by Crippen LogP contribution is 2.12. The first-order chi connectivity index (χ1) is 10.8. The average molecular weight is 344 g/mol. The maximum Gasteiger partial charge on any atom is 0.338 e. The van der Waals surface area contributed by atoms with Gasteiger partial charge in [-0.05, 0) is 25.2 Å². The molecule has 0 unspecified atom stereocenters. The summed E-state index contributed by atoms with van der Waals surface area (Å²) in [6.07, 6.45) is 0. The summed E-state index contributed by atoms with van der Waals surface area (Å²) < 4.78 is 34.5. The fourth-order valence-electron chi connectivity index (χ4n) is 1.42. The van der Waals surface area contributed by atoms with Gasteiger partial charge in [-0.1, -0.05) is 6.07 Å². The molecule has 0 saturated heterocycles. The summed E-state index contributed by atoms with van der Waals surface area (Å²) in [5, 5.41) is 2.19. The molecule has 0 saturated carbocycles. The van der Waals surface area contributed by atoms with Crippen molar-refractivity contribution in [2.24, 2.45) is 0 Å². The number of sulfonamides is 1. The molecule has 0 spiro atoms. The SMILES string of the molecule is CNS(=O)(=O)c1cccc(C(=O)OCC(=O)NCC(=O)OC)c1. The Balaban J connectivity index is 2.64. The molecule has 1 amide bonds. The van der Waals surface area contributed by atoms with Crippen LogP contribution in [-0.2, 0) is 29.1 Å². The van der Waals surface area contributed by atoms with Gasteiger partial charge in [-0.3, -0.25) is 9.59 Å². The molecular weight excluding hydrogens is 328 g/mol. The lowest BCUT2D eigenvalue weighted by molar-refractivity contribution is -0.141. The molecule has 0 aromatic heterocycles. The van der Waals surface area contributed by atoms with Crippen LogP contribution in [0.2, 0.25) is 0 Å². The van der Waals surface area contributed by atoms with Gasteiger partial charge in [0, 0.05) is 0 Å². The van der Waals surface area contributed by atoms with Crippen LogP contribution < -0.4 is 10.0 Å². The van der Waals surface area contributed by atoms with E-state index in [4.69, 9.17) is 4.74 Å². The fraction of sp³-hybridized carbons (Fsp3) is 0.308. The van der Waals surface area contributed by atoms with Gasteiger partial charge in [0.1, 0.15) is 6.54 Å². The molecule has 1 rings (SSSR count). The monoisotopic (exact) mass is 344 g/mol. The zero-order valence-corrected chi connectivity index (χ0v) is 13.3. The first-order valence-electron chi connectivity index (χ1n) is 6.34. The van der Waals surface area contributed by atoms with Gasteiger partial charge in [0.25, 0.3) is 5.91 Å². The molecule has 0 aliphatic rings. The highest BCUT2D eigenvalue weighted by Gasteiger charge is 2.16. The number of rotatable bonds is 7. The highest BCUT2D eigenvalue weighted by atomic mass is 32.2. The van der Waals surface area contributed by atoms with Gasteiger partial charge in [0.2, 0.25) is 10.0 Å². The Bertz CT molecular complexity index is 700. The van der Waals surface area contributed by atoms with Crippen LogP contribution in [0.3, 0.4) is 0 Å². The molecule has 0 bridgehead atoms. The number of nitrogens with one attached hydrogen (secondary N) is 2. The Kier molecular flexibility index (Phi) is 6.66. The van der Waals surface area contributed by atoms with E-state index in [0.717, 1.165) is 6.07 Å². The van der Waals surface area contributed by atoms with Gasteiger partial charge >= 0.3 is 11.9 Å². The minimum absolute atomic E-state index is 0.0258. The lowest BCUT2D eigenvalue weighted by Gasteiger charge is -2.07. The Labute approximate surface area is 133 Å². The quantitative estimate of drug-likeness (QED) is 0.610. The second-order valence-electron chi connectivity index (χ2n) is 4.16. The molecule has 126 valence electrons. The largest absolute Gasteiger partial charge is 0.468 e. The van der Waals surface area contributed by atoms with Crippen molar-refractivity contribution < 1.29 is 32.3 Å². The molecule has 0 heterocycles. The van der Waals surface area contributed by atoms with Crippen LogP contribution in [0.1, 0.15) is 10.4 Å². The first kappa shape index (κ1) is 18.6. The Hall–Kier alpha value is -2.46. The topological polar surface area (TPSA) is 128 Å². The van der Waals surface area contributed by atoms with Crippen molar-refractivity contribution in [3.8, 4) is 0 Å². The van der Waals surface area contributed by atoms with E-state index in [1.165, 1.54) is 32.4 Å². The van der Waals surface area contributed by atoms with Crippen LogP contribution in [0, 0.1) is 0 Å². The molecule has 1 aromatic rings. The van der Waals surface area contributed by atoms with Gasteiger partial charge in [-0.2, -0.15) is 0 Å². The lowest BCUT2D eigenvalue weighted by Crippen LogP contribution is -2.33. The van der Waals surface area contributed by atoms with E-state index in [9.17, 15) is 22.8 Å². The van der Waals surface area contributed by atoms with Gasteiger partial charge in [0.15, 0.2) is 6.61 Å². The van der Waals surface area contributed by atoms with E-state index in [1.807, 2.05) is 0 Å². The standard InChI is InChI=1S/C13H16N2O7S/c1-14-23(19,20)10-5-3-4-9(6-10)13(18)22-8-11(16)15-7-12(17)21-2/h3-6,14H,7-8H2,1-2H3,(H,15,16). The summed E-state index contributed by atoms with van der Waals surface area (Å²) in [7, 11) is -1.29. The minimum atomic E-state index is -3.70. The third-order valence-electron chi connectivity index (χ3n) is 2.64. The summed E-state index contributed by atoms with van der Waals surface area (Å²) in [5.41, 5.74) is -0.0258. The molecule has 2 N–H and O–H groups in total. The smallest absolute Gasteiger partial charge is 0.338 e. The number of benzene rings is 1. The minimum Gasteiger partial charge on any atom is -0.468 e. The molecule has 0 atom stereocenters.